The molecule has 0 radical (unpaired) electrons. The van der Waals surface area contributed by atoms with E-state index < -0.39 is 0 Å². The van der Waals surface area contributed by atoms with E-state index >= 15 is 0 Å². The third kappa shape index (κ3) is 3.77. The maximum atomic E-state index is 8.76. The van der Waals surface area contributed by atoms with Crippen LogP contribution in [0.3, 0.4) is 0 Å². The molecule has 0 aromatic heterocycles. The van der Waals surface area contributed by atoms with Crippen LogP contribution >= 0.6 is 11.6 Å². The summed E-state index contributed by atoms with van der Waals surface area (Å²) in [5.74, 6) is 1.33. The molecular weight excluding hydrogens is 254 g/mol. The highest BCUT2D eigenvalue weighted by Crippen LogP contribution is 2.35. The van der Waals surface area contributed by atoms with Gasteiger partial charge in [0.25, 0.3) is 0 Å². The van der Waals surface area contributed by atoms with Crippen LogP contribution in [0.4, 0.5) is 0 Å². The minimum atomic E-state index is 0.0925. The minimum absolute atomic E-state index is 0.0925. The second-order valence-corrected chi connectivity index (χ2v) is 4.39. The van der Waals surface area contributed by atoms with E-state index in [4.69, 9.17) is 26.2 Å². The molecular formula is C13H20ClNO3. The van der Waals surface area contributed by atoms with Crippen molar-refractivity contribution in [3.8, 4) is 11.5 Å². The zero-order chi connectivity index (χ0) is 13.5. The minimum Gasteiger partial charge on any atom is -0.496 e. The van der Waals surface area contributed by atoms with Crippen molar-refractivity contribution in [2.75, 3.05) is 27.4 Å². The Morgan fingerprint density at radius 1 is 1.28 bits per heavy atom. The third-order valence-corrected chi connectivity index (χ3v) is 3.05. The molecule has 1 atom stereocenters. The lowest BCUT2D eigenvalue weighted by Crippen LogP contribution is -2.21. The molecule has 0 aliphatic carbocycles. The molecule has 0 aliphatic heterocycles. The molecule has 1 unspecified atom stereocenters. The first-order valence-corrected chi connectivity index (χ1v) is 6.27. The highest BCUT2D eigenvalue weighted by atomic mass is 35.5. The first-order chi connectivity index (χ1) is 8.63. The zero-order valence-corrected chi connectivity index (χ0v) is 11.8. The molecule has 102 valence electrons. The molecule has 4 nitrogen and oxygen atoms in total. The van der Waals surface area contributed by atoms with Crippen molar-refractivity contribution in [3.63, 3.8) is 0 Å². The maximum absolute atomic E-state index is 8.76. The molecule has 1 aromatic rings. The number of hydrogen-bond donors (Lipinski definition) is 2. The summed E-state index contributed by atoms with van der Waals surface area (Å²) >= 11 is 6.12. The molecule has 0 bridgehead atoms. The van der Waals surface area contributed by atoms with E-state index in [0.717, 1.165) is 24.3 Å². The Hall–Kier alpha value is -0.970. The van der Waals surface area contributed by atoms with Gasteiger partial charge in [0.15, 0.2) is 0 Å². The number of aliphatic hydroxyl groups excluding tert-OH is 1. The molecule has 1 aromatic carbocycles. The van der Waals surface area contributed by atoms with Crippen LogP contribution in [0, 0.1) is 0 Å². The quantitative estimate of drug-likeness (QED) is 0.749. The summed E-state index contributed by atoms with van der Waals surface area (Å²) in [6.07, 6.45) is 0.719. The van der Waals surface area contributed by atoms with E-state index in [1.807, 2.05) is 13.0 Å². The Labute approximate surface area is 113 Å². The summed E-state index contributed by atoms with van der Waals surface area (Å²) < 4.78 is 10.5. The van der Waals surface area contributed by atoms with Crippen molar-refractivity contribution >= 4 is 11.6 Å². The summed E-state index contributed by atoms with van der Waals surface area (Å²) in [6, 6.07) is 3.72. The van der Waals surface area contributed by atoms with Gasteiger partial charge in [0.05, 0.1) is 19.2 Å². The number of methoxy groups -OCH3 is 2. The molecule has 0 spiro atoms. The van der Waals surface area contributed by atoms with Gasteiger partial charge in [-0.2, -0.15) is 0 Å². The van der Waals surface area contributed by atoms with Crippen LogP contribution in [0.15, 0.2) is 12.1 Å². The Balaban J connectivity index is 2.89. The van der Waals surface area contributed by atoms with E-state index in [-0.39, 0.29) is 12.6 Å². The molecule has 5 heteroatoms. The molecule has 18 heavy (non-hydrogen) atoms. The first-order valence-electron chi connectivity index (χ1n) is 5.89. The van der Waals surface area contributed by atoms with Gasteiger partial charge in [-0.25, -0.2) is 0 Å². The summed E-state index contributed by atoms with van der Waals surface area (Å²) in [4.78, 5) is 0. The number of aliphatic hydroxyl groups is 1. The highest BCUT2D eigenvalue weighted by molar-refractivity contribution is 6.32. The third-order valence-electron chi connectivity index (χ3n) is 2.76. The predicted octanol–water partition coefficient (Wildman–Crippen LogP) is 2.39. The molecule has 1 rings (SSSR count). The molecule has 0 saturated carbocycles. The van der Waals surface area contributed by atoms with Gasteiger partial charge >= 0.3 is 0 Å². The number of rotatable bonds is 7. The Bertz CT molecular complexity index is 385. The van der Waals surface area contributed by atoms with Crippen LogP contribution in [-0.2, 0) is 0 Å². The van der Waals surface area contributed by atoms with Gasteiger partial charge in [-0.1, -0.05) is 11.6 Å². The van der Waals surface area contributed by atoms with Gasteiger partial charge in [0, 0.05) is 24.3 Å². The standard InChI is InChI=1S/C13H20ClNO3/c1-9(15-5-4-6-16)10-7-11(14)13(18-3)8-12(10)17-2/h7-9,15-16H,4-6H2,1-3H3. The van der Waals surface area contributed by atoms with Gasteiger partial charge in [-0.3, -0.25) is 0 Å². The summed E-state index contributed by atoms with van der Waals surface area (Å²) in [6.45, 7) is 2.95. The fourth-order valence-electron chi connectivity index (χ4n) is 1.73. The van der Waals surface area contributed by atoms with Crippen molar-refractivity contribution in [3.05, 3.63) is 22.7 Å². The average Bonchev–Trinajstić information content (AvgIpc) is 2.38. The average molecular weight is 274 g/mol. The van der Waals surface area contributed by atoms with E-state index in [1.165, 1.54) is 0 Å². The van der Waals surface area contributed by atoms with Crippen LogP contribution in [0.25, 0.3) is 0 Å². The summed E-state index contributed by atoms with van der Waals surface area (Å²) in [5.41, 5.74) is 0.973. The van der Waals surface area contributed by atoms with E-state index in [0.29, 0.717) is 10.8 Å². The molecule has 0 saturated heterocycles. The Morgan fingerprint density at radius 3 is 2.50 bits per heavy atom. The Kier molecular flexibility index (Phi) is 6.25. The lowest BCUT2D eigenvalue weighted by atomic mass is 10.1. The second kappa shape index (κ2) is 7.46. The van der Waals surface area contributed by atoms with Crippen molar-refractivity contribution in [1.82, 2.24) is 5.32 Å². The largest absolute Gasteiger partial charge is 0.496 e. The van der Waals surface area contributed by atoms with Gasteiger partial charge in [-0.15, -0.1) is 0 Å². The molecule has 0 fully saturated rings. The van der Waals surface area contributed by atoms with E-state index in [2.05, 4.69) is 5.32 Å². The van der Waals surface area contributed by atoms with Crippen LogP contribution in [0.1, 0.15) is 24.9 Å². The second-order valence-electron chi connectivity index (χ2n) is 3.98. The maximum Gasteiger partial charge on any atom is 0.141 e. The van der Waals surface area contributed by atoms with Crippen LogP contribution in [0.5, 0.6) is 11.5 Å². The number of nitrogens with one attached hydrogen (secondary N) is 1. The van der Waals surface area contributed by atoms with Gasteiger partial charge in [-0.05, 0) is 26.0 Å². The fourth-order valence-corrected chi connectivity index (χ4v) is 1.98. The topological polar surface area (TPSA) is 50.7 Å². The molecule has 0 aliphatic rings. The van der Waals surface area contributed by atoms with Crippen molar-refractivity contribution in [2.24, 2.45) is 0 Å². The SMILES string of the molecule is COc1cc(OC)c(C(C)NCCCO)cc1Cl. The highest BCUT2D eigenvalue weighted by Gasteiger charge is 2.14. The van der Waals surface area contributed by atoms with Crippen LogP contribution < -0.4 is 14.8 Å². The van der Waals surface area contributed by atoms with Crippen LogP contribution in [0.2, 0.25) is 5.02 Å². The fraction of sp³-hybridized carbons (Fsp3) is 0.538. The zero-order valence-electron chi connectivity index (χ0n) is 11.0. The summed E-state index contributed by atoms with van der Waals surface area (Å²) in [5, 5.41) is 12.6. The lowest BCUT2D eigenvalue weighted by molar-refractivity contribution is 0.283. The predicted molar refractivity (Wildman–Crippen MR) is 72.7 cm³/mol. The van der Waals surface area contributed by atoms with Gasteiger partial charge in [0.2, 0.25) is 0 Å². The monoisotopic (exact) mass is 273 g/mol. The number of halogens is 1. The van der Waals surface area contributed by atoms with Gasteiger partial charge in [0.1, 0.15) is 11.5 Å². The normalized spacial score (nSPS) is 12.3. The lowest BCUT2D eigenvalue weighted by Gasteiger charge is -2.18. The van der Waals surface area contributed by atoms with Crippen molar-refractivity contribution in [2.45, 2.75) is 19.4 Å². The van der Waals surface area contributed by atoms with Crippen molar-refractivity contribution < 1.29 is 14.6 Å². The van der Waals surface area contributed by atoms with E-state index in [9.17, 15) is 0 Å². The molecule has 0 amide bonds. The van der Waals surface area contributed by atoms with Gasteiger partial charge < -0.3 is 19.9 Å². The Morgan fingerprint density at radius 2 is 1.94 bits per heavy atom. The van der Waals surface area contributed by atoms with Crippen molar-refractivity contribution in [1.29, 1.82) is 0 Å². The summed E-state index contributed by atoms with van der Waals surface area (Å²) in [7, 11) is 3.19. The number of ether oxygens (including phenoxy) is 2. The molecule has 0 heterocycles. The number of benzene rings is 1. The first kappa shape index (κ1) is 15.1. The smallest absolute Gasteiger partial charge is 0.141 e. The number of hydrogen-bond acceptors (Lipinski definition) is 4. The van der Waals surface area contributed by atoms with Crippen LogP contribution in [-0.4, -0.2) is 32.5 Å². The molecule has 2 N–H and O–H groups in total. The van der Waals surface area contributed by atoms with E-state index in [1.54, 1.807) is 20.3 Å².